The van der Waals surface area contributed by atoms with E-state index < -0.39 is 11.6 Å². The lowest BCUT2D eigenvalue weighted by molar-refractivity contribution is 0.406. The average Bonchev–Trinajstić information content (AvgIpc) is 3.26. The largest absolute Gasteiger partial charge is 0.451 e. The highest BCUT2D eigenvalue weighted by atomic mass is 19.1. The monoisotopic (exact) mass is 275 g/mol. The van der Waals surface area contributed by atoms with E-state index in [0.717, 1.165) is 12.8 Å². The standard InChI is InChI=1S/C16H15F2NO/c17-14-8-11(10-19-12-6-7-12)9-15(18)16(14)20-13-4-2-1-3-5-13/h1-5,8-9,12,19H,6-7,10H2. The summed E-state index contributed by atoms with van der Waals surface area (Å²) in [5.74, 6) is -1.30. The van der Waals surface area contributed by atoms with E-state index in [2.05, 4.69) is 5.32 Å². The van der Waals surface area contributed by atoms with Crippen LogP contribution in [-0.4, -0.2) is 6.04 Å². The Bertz CT molecular complexity index is 574. The topological polar surface area (TPSA) is 21.3 Å². The van der Waals surface area contributed by atoms with Crippen molar-refractivity contribution in [2.45, 2.75) is 25.4 Å². The SMILES string of the molecule is Fc1cc(CNC2CC2)cc(F)c1Oc1ccccc1. The number of rotatable bonds is 5. The van der Waals surface area contributed by atoms with Gasteiger partial charge in [-0.1, -0.05) is 18.2 Å². The van der Waals surface area contributed by atoms with Gasteiger partial charge in [-0.3, -0.25) is 0 Å². The van der Waals surface area contributed by atoms with E-state index >= 15 is 0 Å². The van der Waals surface area contributed by atoms with Crippen LogP contribution in [-0.2, 0) is 6.54 Å². The predicted octanol–water partition coefficient (Wildman–Crippen LogP) is 4.01. The second kappa shape index (κ2) is 5.59. The first-order valence-corrected chi connectivity index (χ1v) is 6.66. The number of nitrogens with one attached hydrogen (secondary N) is 1. The van der Waals surface area contributed by atoms with E-state index in [0.29, 0.717) is 23.9 Å². The van der Waals surface area contributed by atoms with Crippen LogP contribution in [0, 0.1) is 11.6 Å². The fourth-order valence-corrected chi connectivity index (χ4v) is 1.97. The third kappa shape index (κ3) is 3.14. The quantitative estimate of drug-likeness (QED) is 0.890. The van der Waals surface area contributed by atoms with Gasteiger partial charge in [-0.05, 0) is 42.7 Å². The van der Waals surface area contributed by atoms with E-state index in [4.69, 9.17) is 4.74 Å². The number of hydrogen-bond acceptors (Lipinski definition) is 2. The molecule has 2 nitrogen and oxygen atoms in total. The second-order valence-electron chi connectivity index (χ2n) is 4.96. The first-order chi connectivity index (χ1) is 9.72. The highest BCUT2D eigenvalue weighted by Crippen LogP contribution is 2.29. The van der Waals surface area contributed by atoms with Crippen LogP contribution in [0.25, 0.3) is 0 Å². The number of hydrogen-bond donors (Lipinski definition) is 1. The summed E-state index contributed by atoms with van der Waals surface area (Å²) in [7, 11) is 0. The van der Waals surface area contributed by atoms with Crippen molar-refractivity contribution in [2.24, 2.45) is 0 Å². The van der Waals surface area contributed by atoms with Crippen molar-refractivity contribution < 1.29 is 13.5 Å². The molecule has 4 heteroatoms. The molecule has 0 aliphatic heterocycles. The molecule has 1 N–H and O–H groups in total. The van der Waals surface area contributed by atoms with Gasteiger partial charge >= 0.3 is 0 Å². The van der Waals surface area contributed by atoms with Gasteiger partial charge in [0.15, 0.2) is 17.4 Å². The maximum Gasteiger partial charge on any atom is 0.198 e. The van der Waals surface area contributed by atoms with Crippen molar-refractivity contribution in [2.75, 3.05) is 0 Å². The Morgan fingerprint density at radius 3 is 2.30 bits per heavy atom. The van der Waals surface area contributed by atoms with Crippen LogP contribution >= 0.6 is 0 Å². The first-order valence-electron chi connectivity index (χ1n) is 6.66. The fourth-order valence-electron chi connectivity index (χ4n) is 1.97. The molecule has 104 valence electrons. The van der Waals surface area contributed by atoms with Crippen LogP contribution < -0.4 is 10.1 Å². The Morgan fingerprint density at radius 1 is 1.05 bits per heavy atom. The highest BCUT2D eigenvalue weighted by molar-refractivity contribution is 5.35. The van der Waals surface area contributed by atoms with Crippen LogP contribution in [0.5, 0.6) is 11.5 Å². The highest BCUT2D eigenvalue weighted by Gasteiger charge is 2.21. The van der Waals surface area contributed by atoms with Gasteiger partial charge in [0.2, 0.25) is 0 Å². The molecule has 0 heterocycles. The maximum absolute atomic E-state index is 13.9. The van der Waals surface area contributed by atoms with Crippen molar-refractivity contribution in [3.8, 4) is 11.5 Å². The van der Waals surface area contributed by atoms with Crippen molar-refractivity contribution in [3.63, 3.8) is 0 Å². The molecule has 20 heavy (non-hydrogen) atoms. The minimum absolute atomic E-state index is 0.355. The Labute approximate surface area is 116 Å². The normalized spacial score (nSPS) is 14.3. The van der Waals surface area contributed by atoms with Crippen molar-refractivity contribution in [1.82, 2.24) is 5.32 Å². The molecule has 0 spiro atoms. The van der Waals surface area contributed by atoms with Crippen LogP contribution in [0.2, 0.25) is 0 Å². The smallest absolute Gasteiger partial charge is 0.198 e. The summed E-state index contributed by atoms with van der Waals surface area (Å²) >= 11 is 0. The van der Waals surface area contributed by atoms with E-state index in [1.54, 1.807) is 24.3 Å². The molecule has 2 aromatic carbocycles. The molecule has 1 saturated carbocycles. The molecule has 1 fully saturated rings. The lowest BCUT2D eigenvalue weighted by atomic mass is 10.2. The molecule has 1 aliphatic carbocycles. The van der Waals surface area contributed by atoms with E-state index in [1.165, 1.54) is 12.1 Å². The molecule has 1 aliphatic rings. The zero-order chi connectivity index (χ0) is 13.9. The number of benzene rings is 2. The molecule has 0 saturated heterocycles. The fraction of sp³-hybridized carbons (Fsp3) is 0.250. The van der Waals surface area contributed by atoms with Crippen LogP contribution in [0.4, 0.5) is 8.78 Å². The van der Waals surface area contributed by atoms with Gasteiger partial charge in [-0.2, -0.15) is 0 Å². The number of ether oxygens (including phenoxy) is 1. The summed E-state index contributed by atoms with van der Waals surface area (Å²) in [6, 6.07) is 11.8. The van der Waals surface area contributed by atoms with E-state index in [-0.39, 0.29) is 5.75 Å². The summed E-state index contributed by atoms with van der Waals surface area (Å²) < 4.78 is 33.2. The van der Waals surface area contributed by atoms with Gasteiger partial charge in [-0.15, -0.1) is 0 Å². The van der Waals surface area contributed by atoms with Gasteiger partial charge in [0.1, 0.15) is 5.75 Å². The Hall–Kier alpha value is -1.94. The van der Waals surface area contributed by atoms with Crippen LogP contribution in [0.15, 0.2) is 42.5 Å². The average molecular weight is 275 g/mol. The molecule has 0 bridgehead atoms. The van der Waals surface area contributed by atoms with Gasteiger partial charge in [0.25, 0.3) is 0 Å². The molecule has 3 rings (SSSR count). The summed E-state index contributed by atoms with van der Waals surface area (Å²) in [5, 5.41) is 3.22. The molecule has 0 amide bonds. The predicted molar refractivity (Wildman–Crippen MR) is 72.7 cm³/mol. The van der Waals surface area contributed by atoms with Gasteiger partial charge in [0, 0.05) is 12.6 Å². The lowest BCUT2D eigenvalue weighted by Crippen LogP contribution is -2.15. The maximum atomic E-state index is 13.9. The molecule has 0 atom stereocenters. The molecule has 2 aromatic rings. The molecule has 0 aromatic heterocycles. The Morgan fingerprint density at radius 2 is 1.70 bits per heavy atom. The van der Waals surface area contributed by atoms with Crippen molar-refractivity contribution in [3.05, 3.63) is 59.7 Å². The Kier molecular flexibility index (Phi) is 3.65. The molecular weight excluding hydrogens is 260 g/mol. The first kappa shape index (κ1) is 13.1. The third-order valence-corrected chi connectivity index (χ3v) is 3.19. The molecule has 0 unspecified atom stereocenters. The minimum Gasteiger partial charge on any atom is -0.451 e. The van der Waals surface area contributed by atoms with E-state index in [9.17, 15) is 8.78 Å². The Balaban J connectivity index is 1.77. The second-order valence-corrected chi connectivity index (χ2v) is 4.96. The summed E-state index contributed by atoms with van der Waals surface area (Å²) in [4.78, 5) is 0. The summed E-state index contributed by atoms with van der Waals surface area (Å²) in [5.41, 5.74) is 0.590. The van der Waals surface area contributed by atoms with Crippen molar-refractivity contribution in [1.29, 1.82) is 0 Å². The van der Waals surface area contributed by atoms with Gasteiger partial charge < -0.3 is 10.1 Å². The zero-order valence-corrected chi connectivity index (χ0v) is 10.9. The molecule has 0 radical (unpaired) electrons. The van der Waals surface area contributed by atoms with E-state index in [1.807, 2.05) is 6.07 Å². The zero-order valence-electron chi connectivity index (χ0n) is 10.9. The summed E-state index contributed by atoms with van der Waals surface area (Å²) in [6.07, 6.45) is 2.28. The summed E-state index contributed by atoms with van der Waals surface area (Å²) in [6.45, 7) is 0.476. The third-order valence-electron chi connectivity index (χ3n) is 3.19. The van der Waals surface area contributed by atoms with Gasteiger partial charge in [-0.25, -0.2) is 8.78 Å². The minimum atomic E-state index is -0.679. The van der Waals surface area contributed by atoms with Crippen molar-refractivity contribution >= 4 is 0 Å². The van der Waals surface area contributed by atoms with Gasteiger partial charge in [0.05, 0.1) is 0 Å². The number of para-hydroxylation sites is 1. The lowest BCUT2D eigenvalue weighted by Gasteiger charge is -2.10. The molecular formula is C16H15F2NO. The van der Waals surface area contributed by atoms with Crippen LogP contribution in [0.1, 0.15) is 18.4 Å². The number of halogens is 2. The van der Waals surface area contributed by atoms with Crippen LogP contribution in [0.3, 0.4) is 0 Å².